The highest BCUT2D eigenvalue weighted by Gasteiger charge is 2.20. The monoisotopic (exact) mass is 321 g/mol. The van der Waals surface area contributed by atoms with Gasteiger partial charge in [-0.05, 0) is 37.2 Å². The number of carbonyl (C=O) groups excluding carboxylic acids is 1. The van der Waals surface area contributed by atoms with Crippen molar-refractivity contribution in [1.82, 2.24) is 5.32 Å². The SMILES string of the molecule is CC(C)C[C@H](CCNC(=O)[C@@H](O)CCc1ccccc1)C(=O)O. The van der Waals surface area contributed by atoms with Gasteiger partial charge in [0, 0.05) is 6.54 Å². The lowest BCUT2D eigenvalue weighted by Crippen LogP contribution is -2.36. The first-order chi connectivity index (χ1) is 10.9. The summed E-state index contributed by atoms with van der Waals surface area (Å²) in [5, 5.41) is 21.6. The number of carbonyl (C=O) groups is 2. The predicted molar refractivity (Wildman–Crippen MR) is 89.0 cm³/mol. The van der Waals surface area contributed by atoms with Gasteiger partial charge in [0.25, 0.3) is 0 Å². The molecule has 1 aromatic carbocycles. The third kappa shape index (κ3) is 7.79. The first-order valence-electron chi connectivity index (χ1n) is 8.12. The van der Waals surface area contributed by atoms with E-state index in [1.807, 2.05) is 44.2 Å². The molecule has 0 saturated heterocycles. The van der Waals surface area contributed by atoms with Gasteiger partial charge in [0.2, 0.25) is 5.91 Å². The molecule has 0 spiro atoms. The van der Waals surface area contributed by atoms with Gasteiger partial charge in [-0.2, -0.15) is 0 Å². The number of hydrogen-bond acceptors (Lipinski definition) is 3. The number of hydrogen-bond donors (Lipinski definition) is 3. The van der Waals surface area contributed by atoms with Crippen LogP contribution >= 0.6 is 0 Å². The number of rotatable bonds is 10. The predicted octanol–water partition coefficient (Wildman–Crippen LogP) is 2.23. The van der Waals surface area contributed by atoms with Gasteiger partial charge in [0.15, 0.2) is 0 Å². The summed E-state index contributed by atoms with van der Waals surface area (Å²) >= 11 is 0. The number of aliphatic hydroxyl groups excluding tert-OH is 1. The molecule has 5 heteroatoms. The van der Waals surface area contributed by atoms with E-state index in [-0.39, 0.29) is 6.54 Å². The largest absolute Gasteiger partial charge is 0.481 e. The number of aliphatic hydroxyl groups is 1. The van der Waals surface area contributed by atoms with E-state index in [2.05, 4.69) is 5.32 Å². The molecule has 0 unspecified atom stereocenters. The summed E-state index contributed by atoms with van der Waals surface area (Å²) in [5.41, 5.74) is 1.07. The zero-order valence-corrected chi connectivity index (χ0v) is 13.9. The summed E-state index contributed by atoms with van der Waals surface area (Å²) in [7, 11) is 0. The van der Waals surface area contributed by atoms with Crippen LogP contribution in [0.25, 0.3) is 0 Å². The van der Waals surface area contributed by atoms with Gasteiger partial charge in [-0.1, -0.05) is 44.2 Å². The Morgan fingerprint density at radius 2 is 1.78 bits per heavy atom. The molecule has 2 atom stereocenters. The molecule has 0 aliphatic carbocycles. The Labute approximate surface area is 137 Å². The van der Waals surface area contributed by atoms with Crippen molar-refractivity contribution in [3.63, 3.8) is 0 Å². The van der Waals surface area contributed by atoms with Crippen LogP contribution in [0.5, 0.6) is 0 Å². The first-order valence-corrected chi connectivity index (χ1v) is 8.12. The van der Waals surface area contributed by atoms with Crippen molar-refractivity contribution in [2.24, 2.45) is 11.8 Å². The molecule has 1 aromatic rings. The molecule has 23 heavy (non-hydrogen) atoms. The van der Waals surface area contributed by atoms with E-state index in [1.165, 1.54) is 0 Å². The fourth-order valence-corrected chi connectivity index (χ4v) is 2.48. The smallest absolute Gasteiger partial charge is 0.306 e. The second-order valence-corrected chi connectivity index (χ2v) is 6.28. The van der Waals surface area contributed by atoms with Gasteiger partial charge < -0.3 is 15.5 Å². The molecule has 1 rings (SSSR count). The number of aliphatic carboxylic acids is 1. The minimum atomic E-state index is -1.07. The quantitative estimate of drug-likeness (QED) is 0.617. The van der Waals surface area contributed by atoms with E-state index in [0.29, 0.717) is 31.6 Å². The van der Waals surface area contributed by atoms with Crippen LogP contribution in [-0.2, 0) is 16.0 Å². The summed E-state index contributed by atoms with van der Waals surface area (Å²) in [6.45, 7) is 4.22. The number of carboxylic acids is 1. The Morgan fingerprint density at radius 3 is 2.35 bits per heavy atom. The van der Waals surface area contributed by atoms with Crippen LogP contribution in [0.3, 0.4) is 0 Å². The molecule has 0 heterocycles. The topological polar surface area (TPSA) is 86.6 Å². The normalized spacial score (nSPS) is 13.6. The van der Waals surface area contributed by atoms with Crippen LogP contribution in [0.4, 0.5) is 0 Å². The average molecular weight is 321 g/mol. The highest BCUT2D eigenvalue weighted by molar-refractivity contribution is 5.80. The summed E-state index contributed by atoms with van der Waals surface area (Å²) < 4.78 is 0. The lowest BCUT2D eigenvalue weighted by Gasteiger charge is -2.16. The summed E-state index contributed by atoms with van der Waals surface area (Å²) in [6, 6.07) is 9.66. The molecule has 3 N–H and O–H groups in total. The minimum Gasteiger partial charge on any atom is -0.481 e. The van der Waals surface area contributed by atoms with Crippen LogP contribution in [0, 0.1) is 11.8 Å². The number of aryl methyl sites for hydroxylation is 1. The fraction of sp³-hybridized carbons (Fsp3) is 0.556. The summed E-state index contributed by atoms with van der Waals surface area (Å²) in [4.78, 5) is 23.0. The summed E-state index contributed by atoms with van der Waals surface area (Å²) in [6.07, 6.45) is 0.875. The maximum absolute atomic E-state index is 11.8. The van der Waals surface area contributed by atoms with E-state index in [1.54, 1.807) is 0 Å². The molecule has 0 aliphatic rings. The lowest BCUT2D eigenvalue weighted by molar-refractivity contribution is -0.142. The molecule has 0 bridgehead atoms. The van der Waals surface area contributed by atoms with Crippen molar-refractivity contribution >= 4 is 11.9 Å². The Morgan fingerprint density at radius 1 is 1.13 bits per heavy atom. The van der Waals surface area contributed by atoms with Gasteiger partial charge in [0.1, 0.15) is 6.10 Å². The van der Waals surface area contributed by atoms with Gasteiger partial charge in [-0.25, -0.2) is 0 Å². The highest BCUT2D eigenvalue weighted by Crippen LogP contribution is 2.15. The van der Waals surface area contributed by atoms with Gasteiger partial charge in [-0.15, -0.1) is 0 Å². The van der Waals surface area contributed by atoms with E-state index < -0.39 is 23.9 Å². The Balaban J connectivity index is 2.30. The van der Waals surface area contributed by atoms with E-state index in [9.17, 15) is 14.7 Å². The Bertz CT molecular complexity index is 487. The van der Waals surface area contributed by atoms with Crippen LogP contribution in [0.1, 0.15) is 38.7 Å². The van der Waals surface area contributed by atoms with Gasteiger partial charge in [-0.3, -0.25) is 9.59 Å². The lowest BCUT2D eigenvalue weighted by atomic mass is 9.94. The number of carboxylic acid groups (broad SMARTS) is 1. The fourth-order valence-electron chi connectivity index (χ4n) is 2.48. The molecule has 0 aromatic heterocycles. The van der Waals surface area contributed by atoms with Crippen molar-refractivity contribution in [3.05, 3.63) is 35.9 Å². The zero-order valence-electron chi connectivity index (χ0n) is 13.9. The number of nitrogens with one attached hydrogen (secondary N) is 1. The van der Waals surface area contributed by atoms with Crippen molar-refractivity contribution < 1.29 is 19.8 Å². The highest BCUT2D eigenvalue weighted by atomic mass is 16.4. The number of amides is 1. The third-order valence-electron chi connectivity index (χ3n) is 3.75. The van der Waals surface area contributed by atoms with Crippen LogP contribution in [0.15, 0.2) is 30.3 Å². The van der Waals surface area contributed by atoms with Crippen LogP contribution in [-0.4, -0.2) is 34.7 Å². The van der Waals surface area contributed by atoms with Crippen LogP contribution in [0.2, 0.25) is 0 Å². The maximum atomic E-state index is 11.8. The first kappa shape index (κ1) is 19.2. The molecule has 128 valence electrons. The summed E-state index contributed by atoms with van der Waals surface area (Å²) in [5.74, 6) is -1.44. The van der Waals surface area contributed by atoms with Crippen molar-refractivity contribution in [2.75, 3.05) is 6.54 Å². The molecule has 0 aliphatic heterocycles. The second kappa shape index (κ2) is 10.0. The van der Waals surface area contributed by atoms with Gasteiger partial charge in [0.05, 0.1) is 5.92 Å². The molecule has 5 nitrogen and oxygen atoms in total. The Kier molecular flexibility index (Phi) is 8.33. The molecular weight excluding hydrogens is 294 g/mol. The molecule has 0 fully saturated rings. The second-order valence-electron chi connectivity index (χ2n) is 6.28. The van der Waals surface area contributed by atoms with E-state index in [4.69, 9.17) is 5.11 Å². The van der Waals surface area contributed by atoms with Crippen LogP contribution < -0.4 is 5.32 Å². The average Bonchev–Trinajstić information content (AvgIpc) is 2.51. The Hall–Kier alpha value is -1.88. The third-order valence-corrected chi connectivity index (χ3v) is 3.75. The molecular formula is C18H27NO4. The van der Waals surface area contributed by atoms with Crippen molar-refractivity contribution in [1.29, 1.82) is 0 Å². The minimum absolute atomic E-state index is 0.269. The molecule has 0 saturated carbocycles. The van der Waals surface area contributed by atoms with Crippen molar-refractivity contribution in [2.45, 2.75) is 45.6 Å². The zero-order chi connectivity index (χ0) is 17.2. The van der Waals surface area contributed by atoms with E-state index in [0.717, 1.165) is 5.56 Å². The van der Waals surface area contributed by atoms with Crippen molar-refractivity contribution in [3.8, 4) is 0 Å². The van der Waals surface area contributed by atoms with Gasteiger partial charge >= 0.3 is 5.97 Å². The number of benzene rings is 1. The maximum Gasteiger partial charge on any atom is 0.306 e. The standard InChI is InChI=1S/C18H27NO4/c1-13(2)12-15(18(22)23)10-11-19-17(21)16(20)9-8-14-6-4-3-5-7-14/h3-7,13,15-16,20H,8-12H2,1-2H3,(H,19,21)(H,22,23)/t15-,16-/m0/s1. The van der Waals surface area contributed by atoms with E-state index >= 15 is 0 Å². The molecule has 0 radical (unpaired) electrons. The molecule has 1 amide bonds.